The van der Waals surface area contributed by atoms with Crippen LogP contribution in [0, 0.1) is 11.7 Å². The maximum atomic E-state index is 13.7. The van der Waals surface area contributed by atoms with Crippen LogP contribution in [0.25, 0.3) is 21.5 Å². The highest BCUT2D eigenvalue weighted by Crippen LogP contribution is 2.50. The van der Waals surface area contributed by atoms with Crippen molar-refractivity contribution in [3.05, 3.63) is 71.2 Å². The summed E-state index contributed by atoms with van der Waals surface area (Å²) in [5, 5.41) is 15.3. The number of rotatable bonds is 7. The lowest BCUT2D eigenvalue weighted by Gasteiger charge is -2.30. The van der Waals surface area contributed by atoms with Crippen molar-refractivity contribution in [3.8, 4) is 17.0 Å². The van der Waals surface area contributed by atoms with E-state index in [1.54, 1.807) is 43.3 Å². The number of anilines is 1. The third-order valence-corrected chi connectivity index (χ3v) is 8.46. The highest BCUT2D eigenvalue weighted by Gasteiger charge is 2.50. The fraction of sp³-hybridized carbons (Fsp3) is 0.286. The third-order valence-electron chi connectivity index (χ3n) is 7.62. The van der Waals surface area contributed by atoms with Crippen molar-refractivity contribution in [1.29, 1.82) is 0 Å². The average molecular weight is 548 g/mol. The number of hydrogen-bond donors (Lipinski definition) is 4. The van der Waals surface area contributed by atoms with Crippen molar-refractivity contribution in [3.63, 3.8) is 0 Å². The molecule has 0 radical (unpaired) electrons. The fourth-order valence-electron chi connectivity index (χ4n) is 5.02. The fourth-order valence-corrected chi connectivity index (χ4v) is 5.79. The molecule has 1 aliphatic carbocycles. The molecule has 0 bridgehead atoms. The number of amides is 2. The zero-order valence-corrected chi connectivity index (χ0v) is 21.8. The number of ether oxygens (including phenoxy) is 1. The number of nitrogens with zero attached hydrogens (tertiary/aromatic N) is 2. The molecular formula is C28H26FN5O4S. The molecule has 2 atom stereocenters. The molecule has 0 spiro atoms. The van der Waals surface area contributed by atoms with Gasteiger partial charge in [0.05, 0.1) is 22.5 Å². The first-order chi connectivity index (χ1) is 18.6. The molecule has 39 heavy (non-hydrogen) atoms. The van der Waals surface area contributed by atoms with Gasteiger partial charge in [-0.2, -0.15) is 0 Å². The van der Waals surface area contributed by atoms with E-state index in [2.05, 4.69) is 10.3 Å². The summed E-state index contributed by atoms with van der Waals surface area (Å²) in [7, 11) is 0. The summed E-state index contributed by atoms with van der Waals surface area (Å²) < 4.78 is 20.4. The summed E-state index contributed by atoms with van der Waals surface area (Å²) >= 11 is 1.29. The van der Waals surface area contributed by atoms with Crippen LogP contribution in [0.4, 0.5) is 9.52 Å². The number of nitrogens with one attached hydrogen (secondary N) is 1. The quantitative estimate of drug-likeness (QED) is 0.277. The predicted octanol–water partition coefficient (Wildman–Crippen LogP) is 3.24. The predicted molar refractivity (Wildman–Crippen MR) is 145 cm³/mol. The van der Waals surface area contributed by atoms with E-state index < -0.39 is 22.7 Å². The molecule has 200 valence electrons. The average Bonchev–Trinajstić information content (AvgIpc) is 3.63. The van der Waals surface area contributed by atoms with Gasteiger partial charge in [-0.3, -0.25) is 9.59 Å². The molecule has 3 heterocycles. The molecule has 1 saturated carbocycles. The van der Waals surface area contributed by atoms with E-state index in [9.17, 15) is 19.1 Å². The van der Waals surface area contributed by atoms with Crippen molar-refractivity contribution in [2.75, 3.05) is 18.9 Å². The van der Waals surface area contributed by atoms with E-state index >= 15 is 0 Å². The van der Waals surface area contributed by atoms with Crippen LogP contribution in [0.1, 0.15) is 41.4 Å². The minimum absolute atomic E-state index is 0.0140. The Morgan fingerprint density at radius 2 is 1.95 bits per heavy atom. The Bertz CT molecular complexity index is 1640. The summed E-state index contributed by atoms with van der Waals surface area (Å²) in [6.45, 7) is 1.59. The molecule has 0 saturated heterocycles. The monoisotopic (exact) mass is 547 g/mol. The Kier molecular flexibility index (Phi) is 5.81. The number of benzene rings is 2. The van der Waals surface area contributed by atoms with Crippen LogP contribution in [-0.4, -0.2) is 40.0 Å². The molecule has 4 aromatic rings. The molecular weight excluding hydrogens is 521 g/mol. The number of carbonyl (C=O) groups excluding carboxylic acids is 2. The smallest absolute Gasteiger partial charge is 0.251 e. The van der Waals surface area contributed by atoms with Gasteiger partial charge in [-0.05, 0) is 74.2 Å². The first kappa shape index (κ1) is 25.2. The second kappa shape index (κ2) is 8.99. The number of pyridine rings is 1. The van der Waals surface area contributed by atoms with Gasteiger partial charge >= 0.3 is 0 Å². The number of fused-ring (bicyclic) bond motifs is 2. The standard InChI is InChI=1S/C28H26FN5O4S/c1-27(25(30)36)13-38-23-18(27)11-21(34-22(23)14-2-7-17(29)8-3-14)28(37,16-5-6-16)12-32-24(35)15-4-9-19-20(10-15)39-26(31)33-19/h2-4,7-11,16,37H,5-6,12-13H2,1H3,(H2,30,36)(H2,31,33)(H,32,35)/t27-,28?/m0/s1. The molecule has 11 heteroatoms. The lowest BCUT2D eigenvalue weighted by molar-refractivity contribution is -0.123. The van der Waals surface area contributed by atoms with Crippen LogP contribution in [0.3, 0.4) is 0 Å². The van der Waals surface area contributed by atoms with E-state index in [0.29, 0.717) is 38.8 Å². The molecule has 1 fully saturated rings. The molecule has 1 unspecified atom stereocenters. The molecule has 2 aliphatic rings. The second-order valence-corrected chi connectivity index (χ2v) is 11.4. The maximum absolute atomic E-state index is 13.7. The van der Waals surface area contributed by atoms with E-state index in [1.807, 2.05) is 0 Å². The number of primary amides is 1. The number of thiazole rings is 1. The highest BCUT2D eigenvalue weighted by molar-refractivity contribution is 7.22. The topological polar surface area (TPSA) is 153 Å². The van der Waals surface area contributed by atoms with Gasteiger partial charge in [0.1, 0.15) is 34.9 Å². The van der Waals surface area contributed by atoms with Crippen LogP contribution >= 0.6 is 11.3 Å². The summed E-state index contributed by atoms with van der Waals surface area (Å²) in [5.74, 6) is -1.15. The molecule has 2 aromatic heterocycles. The zero-order chi connectivity index (χ0) is 27.5. The number of aliphatic hydroxyl groups is 1. The van der Waals surface area contributed by atoms with Gasteiger partial charge in [0.25, 0.3) is 5.91 Å². The van der Waals surface area contributed by atoms with Gasteiger partial charge < -0.3 is 26.6 Å². The van der Waals surface area contributed by atoms with Crippen molar-refractivity contribution < 1.29 is 23.8 Å². The number of aromatic nitrogens is 2. The first-order valence-electron chi connectivity index (χ1n) is 12.5. The lowest BCUT2D eigenvalue weighted by atomic mass is 9.81. The van der Waals surface area contributed by atoms with Gasteiger partial charge in [0.2, 0.25) is 5.91 Å². The van der Waals surface area contributed by atoms with Crippen molar-refractivity contribution in [2.24, 2.45) is 11.7 Å². The summed E-state index contributed by atoms with van der Waals surface area (Å²) in [6.07, 6.45) is 1.49. The molecule has 2 aromatic carbocycles. The van der Waals surface area contributed by atoms with E-state index in [4.69, 9.17) is 21.2 Å². The second-order valence-electron chi connectivity index (χ2n) is 10.3. The normalized spacial score (nSPS) is 19.8. The summed E-state index contributed by atoms with van der Waals surface area (Å²) in [6, 6.07) is 12.5. The van der Waals surface area contributed by atoms with Crippen molar-refractivity contribution in [2.45, 2.75) is 30.8 Å². The number of halogens is 1. The lowest BCUT2D eigenvalue weighted by Crippen LogP contribution is -2.44. The number of nitrogens with two attached hydrogens (primary N) is 2. The molecule has 6 N–H and O–H groups in total. The first-order valence-corrected chi connectivity index (χ1v) is 13.3. The Hall–Kier alpha value is -4.09. The molecule has 2 amide bonds. The number of nitrogen functional groups attached to an aromatic ring is 1. The van der Waals surface area contributed by atoms with E-state index in [0.717, 1.165) is 17.5 Å². The van der Waals surface area contributed by atoms with Crippen LogP contribution < -0.4 is 21.5 Å². The van der Waals surface area contributed by atoms with Gasteiger partial charge in [0, 0.05) is 16.7 Å². The Labute approximate surface area is 227 Å². The molecule has 1 aliphatic heterocycles. The minimum atomic E-state index is -1.53. The van der Waals surface area contributed by atoms with Crippen LogP contribution in [0.15, 0.2) is 48.5 Å². The van der Waals surface area contributed by atoms with Crippen molar-refractivity contribution >= 4 is 38.5 Å². The van der Waals surface area contributed by atoms with Crippen LogP contribution in [-0.2, 0) is 15.8 Å². The summed E-state index contributed by atoms with van der Waals surface area (Å²) in [5.41, 5.74) is 11.7. The third kappa shape index (κ3) is 4.27. The maximum Gasteiger partial charge on any atom is 0.251 e. The zero-order valence-electron chi connectivity index (χ0n) is 21.0. The Balaban J connectivity index is 1.39. The van der Waals surface area contributed by atoms with Gasteiger partial charge in [-0.15, -0.1) is 0 Å². The van der Waals surface area contributed by atoms with Gasteiger partial charge in [0.15, 0.2) is 5.13 Å². The van der Waals surface area contributed by atoms with E-state index in [-0.39, 0.29) is 30.7 Å². The molecule has 9 nitrogen and oxygen atoms in total. The van der Waals surface area contributed by atoms with Crippen molar-refractivity contribution in [1.82, 2.24) is 15.3 Å². The van der Waals surface area contributed by atoms with Crippen LogP contribution in [0.5, 0.6) is 5.75 Å². The Morgan fingerprint density at radius 3 is 2.64 bits per heavy atom. The Morgan fingerprint density at radius 1 is 1.21 bits per heavy atom. The van der Waals surface area contributed by atoms with Gasteiger partial charge in [-0.1, -0.05) is 11.3 Å². The SMILES string of the molecule is C[C@]1(C(N)=O)COc2c1cc(C(O)(CNC(=O)c1ccc3nc(N)sc3c1)C1CC1)nc2-c1ccc(F)cc1. The van der Waals surface area contributed by atoms with Crippen LogP contribution in [0.2, 0.25) is 0 Å². The van der Waals surface area contributed by atoms with E-state index in [1.165, 1.54) is 23.5 Å². The number of hydrogen-bond acceptors (Lipinski definition) is 8. The minimum Gasteiger partial charge on any atom is -0.489 e. The number of carbonyl (C=O) groups is 2. The highest BCUT2D eigenvalue weighted by atomic mass is 32.1. The summed E-state index contributed by atoms with van der Waals surface area (Å²) in [4.78, 5) is 34.6. The molecule has 6 rings (SSSR count). The van der Waals surface area contributed by atoms with Gasteiger partial charge in [-0.25, -0.2) is 14.4 Å². The largest absolute Gasteiger partial charge is 0.489 e.